The number of anilines is 1. The number of carboxylic acid groups (broad SMARTS) is 1. The molecular weight excluding hydrogens is 364 g/mol. The van der Waals surface area contributed by atoms with Crippen LogP contribution in [-0.4, -0.2) is 37.9 Å². The molecule has 0 aliphatic carbocycles. The fourth-order valence-electron chi connectivity index (χ4n) is 2.85. The van der Waals surface area contributed by atoms with Crippen molar-refractivity contribution < 1.29 is 19.2 Å². The van der Waals surface area contributed by atoms with Gasteiger partial charge in [-0.25, -0.2) is 9.36 Å². The molecule has 2 aromatic rings. The summed E-state index contributed by atoms with van der Waals surface area (Å²) in [5.74, 6) is -0.958. The summed E-state index contributed by atoms with van der Waals surface area (Å²) in [6.45, 7) is 8.42. The Bertz CT molecular complexity index is 833. The predicted molar refractivity (Wildman–Crippen MR) is 107 cm³/mol. The molecule has 0 aliphatic heterocycles. The quantitative estimate of drug-likeness (QED) is 0.514. The molecule has 0 amide bonds. The molecule has 27 heavy (non-hydrogen) atoms. The molecule has 0 unspecified atom stereocenters. The zero-order valence-electron chi connectivity index (χ0n) is 16.5. The maximum absolute atomic E-state index is 11.3. The minimum atomic E-state index is -0.958. The summed E-state index contributed by atoms with van der Waals surface area (Å²) in [6.07, 6.45) is 1.06. The molecule has 2 rings (SSSR count). The molecule has 0 spiro atoms. The molecule has 0 saturated heterocycles. The number of hydrogen-bond acceptors (Lipinski definition) is 6. The number of aromatic carboxylic acids is 1. The van der Waals surface area contributed by atoms with Crippen LogP contribution < -0.4 is 9.47 Å². The number of aryl methyl sites for hydroxylation is 2. The Hall–Kier alpha value is -2.32. The SMILES string of the molecule is CCCN(CCOC)c1ccc(N=Nc2sc(C)c(C(=O)O)[n+]2C)c(C)c1. The van der Waals surface area contributed by atoms with Gasteiger partial charge in [-0.3, -0.25) is 0 Å². The number of methoxy groups -OCH3 is 1. The van der Waals surface area contributed by atoms with Gasteiger partial charge in [-0.15, -0.1) is 0 Å². The first-order valence-electron chi connectivity index (χ1n) is 8.88. The molecule has 0 saturated carbocycles. The standard InChI is InChI=1S/C19H26N4O3S/c1-6-9-23(10-11-26-5)15-7-8-16(13(2)12-15)20-21-19-22(4)17(18(24)25)14(3)27-19/h7-8,12H,6,9-11H2,1-5H3/p+1. The largest absolute Gasteiger partial charge is 0.475 e. The molecule has 1 aromatic heterocycles. The molecule has 1 heterocycles. The summed E-state index contributed by atoms with van der Waals surface area (Å²) in [5.41, 5.74) is 3.17. The van der Waals surface area contributed by atoms with Gasteiger partial charge in [0.25, 0.3) is 0 Å². The van der Waals surface area contributed by atoms with Crippen LogP contribution in [0.25, 0.3) is 0 Å². The third-order valence-corrected chi connectivity index (χ3v) is 5.29. The van der Waals surface area contributed by atoms with Gasteiger partial charge < -0.3 is 14.7 Å². The van der Waals surface area contributed by atoms with Crippen molar-refractivity contribution in [3.8, 4) is 0 Å². The maximum atomic E-state index is 11.3. The maximum Gasteiger partial charge on any atom is 0.409 e. The Morgan fingerprint density at radius 2 is 2.04 bits per heavy atom. The minimum Gasteiger partial charge on any atom is -0.475 e. The van der Waals surface area contributed by atoms with E-state index in [0.717, 1.165) is 36.4 Å². The smallest absolute Gasteiger partial charge is 0.409 e. The van der Waals surface area contributed by atoms with E-state index >= 15 is 0 Å². The number of carboxylic acids is 1. The molecule has 0 radical (unpaired) electrons. The van der Waals surface area contributed by atoms with Crippen LogP contribution in [0.1, 0.15) is 34.3 Å². The van der Waals surface area contributed by atoms with E-state index in [1.807, 2.05) is 19.1 Å². The van der Waals surface area contributed by atoms with Gasteiger partial charge in [0.2, 0.25) is 5.69 Å². The van der Waals surface area contributed by atoms with Crippen molar-refractivity contribution in [3.63, 3.8) is 0 Å². The second-order valence-electron chi connectivity index (χ2n) is 6.30. The van der Waals surface area contributed by atoms with E-state index in [2.05, 4.69) is 28.1 Å². The number of rotatable bonds is 9. The Labute approximate surface area is 163 Å². The lowest BCUT2D eigenvalue weighted by Crippen LogP contribution is -2.33. The molecule has 8 heteroatoms. The summed E-state index contributed by atoms with van der Waals surface area (Å²) in [5, 5.41) is 18.4. The highest BCUT2D eigenvalue weighted by atomic mass is 32.1. The van der Waals surface area contributed by atoms with Crippen molar-refractivity contribution in [2.24, 2.45) is 17.3 Å². The van der Waals surface area contributed by atoms with E-state index in [-0.39, 0.29) is 5.69 Å². The van der Waals surface area contributed by atoms with E-state index < -0.39 is 5.97 Å². The topological polar surface area (TPSA) is 78.4 Å². The molecule has 0 fully saturated rings. The van der Waals surface area contributed by atoms with E-state index in [1.165, 1.54) is 11.3 Å². The fraction of sp³-hybridized carbons (Fsp3) is 0.474. The summed E-state index contributed by atoms with van der Waals surface area (Å²) < 4.78 is 6.76. The van der Waals surface area contributed by atoms with Crippen molar-refractivity contribution in [1.82, 2.24) is 0 Å². The molecule has 0 aliphatic rings. The average molecular weight is 392 g/mol. The monoisotopic (exact) mass is 391 g/mol. The van der Waals surface area contributed by atoms with Gasteiger partial charge in [-0.1, -0.05) is 6.92 Å². The van der Waals surface area contributed by atoms with Crippen molar-refractivity contribution in [2.75, 3.05) is 31.7 Å². The number of ether oxygens (including phenoxy) is 1. The molecule has 146 valence electrons. The molecule has 1 N–H and O–H groups in total. The zero-order chi connectivity index (χ0) is 20.0. The number of nitrogens with zero attached hydrogens (tertiary/aromatic N) is 4. The van der Waals surface area contributed by atoms with Gasteiger partial charge in [0.05, 0.1) is 23.6 Å². The van der Waals surface area contributed by atoms with Crippen LogP contribution in [-0.2, 0) is 11.8 Å². The first kappa shape index (κ1) is 21.0. The molecule has 0 atom stereocenters. The second kappa shape index (κ2) is 9.57. The van der Waals surface area contributed by atoms with Gasteiger partial charge in [-0.2, -0.15) is 0 Å². The van der Waals surface area contributed by atoms with E-state index in [4.69, 9.17) is 4.74 Å². The van der Waals surface area contributed by atoms with Crippen LogP contribution in [0.4, 0.5) is 16.5 Å². The van der Waals surface area contributed by atoms with Crippen molar-refractivity contribution in [1.29, 1.82) is 0 Å². The second-order valence-corrected chi connectivity index (χ2v) is 7.49. The zero-order valence-corrected chi connectivity index (χ0v) is 17.3. The van der Waals surface area contributed by atoms with Gasteiger partial charge in [0.1, 0.15) is 5.69 Å². The highest BCUT2D eigenvalue weighted by Gasteiger charge is 2.25. The Morgan fingerprint density at radius 1 is 1.30 bits per heavy atom. The van der Waals surface area contributed by atoms with Crippen molar-refractivity contribution in [3.05, 3.63) is 34.3 Å². The van der Waals surface area contributed by atoms with Crippen LogP contribution in [0.3, 0.4) is 0 Å². The third kappa shape index (κ3) is 5.11. The number of azo groups is 1. The first-order valence-corrected chi connectivity index (χ1v) is 9.69. The van der Waals surface area contributed by atoms with E-state index in [9.17, 15) is 9.90 Å². The van der Waals surface area contributed by atoms with Crippen LogP contribution in [0, 0.1) is 13.8 Å². The summed E-state index contributed by atoms with van der Waals surface area (Å²) in [7, 11) is 3.40. The van der Waals surface area contributed by atoms with Gasteiger partial charge in [-0.05, 0) is 60.5 Å². The van der Waals surface area contributed by atoms with Crippen LogP contribution in [0.5, 0.6) is 0 Å². The lowest BCUT2D eigenvalue weighted by molar-refractivity contribution is -0.657. The first-order chi connectivity index (χ1) is 12.9. The van der Waals surface area contributed by atoms with Gasteiger partial charge >= 0.3 is 11.1 Å². The van der Waals surface area contributed by atoms with E-state index in [1.54, 1.807) is 25.6 Å². The summed E-state index contributed by atoms with van der Waals surface area (Å²) >= 11 is 1.32. The Morgan fingerprint density at radius 3 is 2.59 bits per heavy atom. The van der Waals surface area contributed by atoms with Crippen LogP contribution in [0.2, 0.25) is 0 Å². The predicted octanol–water partition coefficient (Wildman–Crippen LogP) is 4.17. The highest BCUT2D eigenvalue weighted by Crippen LogP contribution is 2.28. The van der Waals surface area contributed by atoms with Gasteiger partial charge in [0.15, 0.2) is 0 Å². The lowest BCUT2D eigenvalue weighted by Gasteiger charge is -2.24. The molecule has 7 nitrogen and oxygen atoms in total. The Kier molecular flexibility index (Phi) is 7.44. The number of hydrogen-bond donors (Lipinski definition) is 1. The van der Waals surface area contributed by atoms with Crippen molar-refractivity contribution in [2.45, 2.75) is 27.2 Å². The molecule has 0 bridgehead atoms. The average Bonchev–Trinajstić information content (AvgIpc) is 2.91. The number of thiazole rings is 1. The summed E-state index contributed by atoms with van der Waals surface area (Å²) in [4.78, 5) is 14.3. The van der Waals surface area contributed by atoms with Gasteiger partial charge in [0, 0.05) is 25.9 Å². The number of carbonyl (C=O) groups is 1. The Balaban J connectivity index is 2.24. The minimum absolute atomic E-state index is 0.245. The van der Waals surface area contributed by atoms with E-state index in [0.29, 0.717) is 16.6 Å². The van der Waals surface area contributed by atoms with Crippen LogP contribution in [0.15, 0.2) is 28.4 Å². The molecular formula is C19H27N4O3S+. The fourth-order valence-corrected chi connectivity index (χ4v) is 3.76. The lowest BCUT2D eigenvalue weighted by atomic mass is 10.1. The number of aromatic nitrogens is 1. The third-order valence-electron chi connectivity index (χ3n) is 4.25. The van der Waals surface area contributed by atoms with Crippen LogP contribution >= 0.6 is 11.3 Å². The molecule has 1 aromatic carbocycles. The highest BCUT2D eigenvalue weighted by molar-refractivity contribution is 7.15. The van der Waals surface area contributed by atoms with Crippen molar-refractivity contribution >= 4 is 33.8 Å². The summed E-state index contributed by atoms with van der Waals surface area (Å²) in [6, 6.07) is 6.08. The number of benzene rings is 1. The normalized spacial score (nSPS) is 11.3.